The summed E-state index contributed by atoms with van der Waals surface area (Å²) in [5.74, 6) is -0.861. The highest BCUT2D eigenvalue weighted by Crippen LogP contribution is 2.41. The van der Waals surface area contributed by atoms with Gasteiger partial charge < -0.3 is 14.2 Å². The molecule has 0 unspecified atom stereocenters. The monoisotopic (exact) mass is 684 g/mol. The van der Waals surface area contributed by atoms with Gasteiger partial charge in [-0.3, -0.25) is 19.3 Å². The molecule has 1 fully saturated rings. The minimum Gasteiger partial charge on any atom is -0.493 e. The van der Waals surface area contributed by atoms with Crippen LogP contribution < -0.4 is 14.2 Å². The number of thioether (sulfide) groups is 1. The summed E-state index contributed by atoms with van der Waals surface area (Å²) in [6.07, 6.45) is 1.49. The van der Waals surface area contributed by atoms with Crippen molar-refractivity contribution in [3.05, 3.63) is 85.1 Å². The molecule has 0 aromatic heterocycles. The van der Waals surface area contributed by atoms with E-state index in [4.69, 9.17) is 32.1 Å². The molecule has 0 spiro atoms. The van der Waals surface area contributed by atoms with E-state index >= 15 is 0 Å². The number of amides is 3. The Kier molecular flexibility index (Phi) is 9.16. The van der Waals surface area contributed by atoms with Crippen LogP contribution in [-0.4, -0.2) is 37.5 Å². The minimum atomic E-state index is -4.27. The molecule has 4 rings (SSSR count). The summed E-state index contributed by atoms with van der Waals surface area (Å²) >= 11 is 16.2. The Morgan fingerprint density at radius 3 is 2.42 bits per heavy atom. The van der Waals surface area contributed by atoms with E-state index in [1.807, 2.05) is 0 Å². The summed E-state index contributed by atoms with van der Waals surface area (Å²) in [6, 6.07) is 13.2. The molecule has 0 saturated carbocycles. The smallest absolute Gasteiger partial charge is 0.339 e. The number of benzene rings is 3. The molecule has 0 bridgehead atoms. The van der Waals surface area contributed by atoms with E-state index in [9.17, 15) is 22.8 Å². The second-order valence-electron chi connectivity index (χ2n) is 8.28. The van der Waals surface area contributed by atoms with Crippen LogP contribution in [0.5, 0.6) is 11.5 Å². The maximum Gasteiger partial charge on any atom is 0.339 e. The Morgan fingerprint density at radius 1 is 1.10 bits per heavy atom. The lowest BCUT2D eigenvalue weighted by atomic mass is 10.1. The number of nitrogens with zero attached hydrogens (tertiary/aromatic N) is 1. The van der Waals surface area contributed by atoms with Crippen molar-refractivity contribution in [2.75, 3.05) is 12.4 Å². The highest BCUT2D eigenvalue weighted by atomic mass is 79.9. The number of methoxy groups -OCH3 is 1. The molecule has 3 aromatic carbocycles. The van der Waals surface area contributed by atoms with E-state index in [1.165, 1.54) is 62.6 Å². The van der Waals surface area contributed by atoms with Crippen molar-refractivity contribution in [3.63, 3.8) is 0 Å². The highest BCUT2D eigenvalue weighted by molar-refractivity contribution is 9.10. The molecular weight excluding hydrogens is 667 g/mol. The topological polar surface area (TPSA) is 119 Å². The van der Waals surface area contributed by atoms with E-state index in [0.29, 0.717) is 26.9 Å². The van der Waals surface area contributed by atoms with E-state index < -0.39 is 21.3 Å². The highest BCUT2D eigenvalue weighted by Gasteiger charge is 2.35. The van der Waals surface area contributed by atoms with Gasteiger partial charge in [-0.1, -0.05) is 29.3 Å². The third-order valence-electron chi connectivity index (χ3n) is 5.42. The number of nitrogens with one attached hydrogen (secondary N) is 1. The largest absolute Gasteiger partial charge is 0.493 e. The lowest BCUT2D eigenvalue weighted by Crippen LogP contribution is -2.27. The van der Waals surface area contributed by atoms with Crippen LogP contribution in [0.1, 0.15) is 18.1 Å². The molecule has 3 amide bonds. The zero-order valence-corrected chi connectivity index (χ0v) is 25.5. The molecule has 0 aliphatic carbocycles. The first-order chi connectivity index (χ1) is 18.9. The molecule has 208 valence electrons. The van der Waals surface area contributed by atoms with Gasteiger partial charge in [0.05, 0.1) is 23.0 Å². The number of carbonyl (C=O) groups excluding carboxylic acids is 3. The number of ether oxygens (including phenoxy) is 1. The average molecular weight is 686 g/mol. The third kappa shape index (κ3) is 6.81. The van der Waals surface area contributed by atoms with Crippen LogP contribution in [0, 0.1) is 0 Å². The van der Waals surface area contributed by atoms with Crippen molar-refractivity contribution >= 4 is 89.8 Å². The maximum absolute atomic E-state index is 13.0. The summed E-state index contributed by atoms with van der Waals surface area (Å²) < 4.78 is 36.8. The fourth-order valence-electron chi connectivity index (χ4n) is 3.58. The van der Waals surface area contributed by atoms with E-state index in [1.54, 1.807) is 12.1 Å². The van der Waals surface area contributed by atoms with Crippen molar-refractivity contribution in [2.45, 2.75) is 18.4 Å². The number of anilines is 1. The number of rotatable bonds is 8. The first kappa shape index (κ1) is 29.9. The lowest BCUT2D eigenvalue weighted by Gasteiger charge is -2.14. The van der Waals surface area contributed by atoms with Crippen molar-refractivity contribution in [2.24, 2.45) is 0 Å². The third-order valence-corrected chi connectivity index (χ3v) is 8.74. The second kappa shape index (κ2) is 12.2. The number of hydrogen-bond donors (Lipinski definition) is 1. The minimum absolute atomic E-state index is 0.0263. The predicted octanol–water partition coefficient (Wildman–Crippen LogP) is 6.73. The number of halogens is 3. The Balaban J connectivity index is 1.57. The van der Waals surface area contributed by atoms with Crippen molar-refractivity contribution in [3.8, 4) is 11.5 Å². The van der Waals surface area contributed by atoms with E-state index in [2.05, 4.69) is 21.2 Å². The summed E-state index contributed by atoms with van der Waals surface area (Å²) in [5.41, 5.74) is 1.44. The molecule has 0 radical (unpaired) electrons. The van der Waals surface area contributed by atoms with Gasteiger partial charge in [-0.15, -0.1) is 0 Å². The summed E-state index contributed by atoms with van der Waals surface area (Å²) in [5, 5.41) is 2.85. The van der Waals surface area contributed by atoms with Crippen molar-refractivity contribution < 1.29 is 31.7 Å². The first-order valence-electron chi connectivity index (χ1n) is 11.3. The molecule has 1 saturated heterocycles. The van der Waals surface area contributed by atoms with Gasteiger partial charge >= 0.3 is 10.1 Å². The van der Waals surface area contributed by atoms with E-state index in [-0.39, 0.29) is 38.2 Å². The van der Waals surface area contributed by atoms with E-state index in [0.717, 1.165) is 16.7 Å². The van der Waals surface area contributed by atoms with Crippen LogP contribution in [-0.2, 0) is 26.3 Å². The van der Waals surface area contributed by atoms with Crippen LogP contribution >= 0.6 is 50.9 Å². The Morgan fingerprint density at radius 2 is 1.80 bits per heavy atom. The van der Waals surface area contributed by atoms with Crippen LogP contribution in [0.15, 0.2) is 68.9 Å². The van der Waals surface area contributed by atoms with Gasteiger partial charge in [0, 0.05) is 22.7 Å². The molecule has 1 aliphatic rings. The van der Waals surface area contributed by atoms with Gasteiger partial charge in [-0.25, -0.2) is 0 Å². The average Bonchev–Trinajstić information content (AvgIpc) is 3.14. The van der Waals surface area contributed by atoms with Crippen LogP contribution in [0.4, 0.5) is 10.5 Å². The van der Waals surface area contributed by atoms with Gasteiger partial charge in [0.25, 0.3) is 11.1 Å². The van der Waals surface area contributed by atoms with Gasteiger partial charge in [0.15, 0.2) is 11.5 Å². The zero-order valence-electron chi connectivity index (χ0n) is 20.7. The van der Waals surface area contributed by atoms with Gasteiger partial charge in [-0.2, -0.15) is 8.42 Å². The summed E-state index contributed by atoms with van der Waals surface area (Å²) in [6.45, 7) is 1.31. The predicted molar refractivity (Wildman–Crippen MR) is 157 cm³/mol. The molecule has 3 aromatic rings. The fourth-order valence-corrected chi connectivity index (χ4v) is 6.49. The molecule has 9 nitrogen and oxygen atoms in total. The van der Waals surface area contributed by atoms with Gasteiger partial charge in [0.1, 0.15) is 4.90 Å². The molecule has 1 heterocycles. The zero-order chi connectivity index (χ0) is 29.2. The molecule has 40 heavy (non-hydrogen) atoms. The first-order valence-corrected chi connectivity index (χ1v) is 15.0. The van der Waals surface area contributed by atoms with Gasteiger partial charge in [-0.05, 0) is 93.4 Å². The molecular formula is C26H19BrCl2N2O7S2. The van der Waals surface area contributed by atoms with Crippen LogP contribution in [0.3, 0.4) is 0 Å². The lowest BCUT2D eigenvalue weighted by molar-refractivity contribution is -0.123. The number of carbonyl (C=O) groups is 3. The second-order valence-corrected chi connectivity index (χ2v) is 12.5. The normalized spacial score (nSPS) is 14.5. The SMILES string of the molecule is COc1cc(/C=C2\SC(=O)N(Cc3ccc(Cl)cc3Cl)C2=O)cc(Br)c1OS(=O)(=O)c1ccc(NC(C)=O)cc1. The summed E-state index contributed by atoms with van der Waals surface area (Å²) in [7, 11) is -2.94. The molecule has 1 N–H and O–H groups in total. The number of hydrogen-bond acceptors (Lipinski definition) is 8. The quantitative estimate of drug-likeness (QED) is 0.205. The Hall–Kier alpha value is -3.03. The Bertz CT molecular complexity index is 1660. The molecule has 14 heteroatoms. The molecule has 0 atom stereocenters. The van der Waals surface area contributed by atoms with Gasteiger partial charge in [0.2, 0.25) is 5.91 Å². The summed E-state index contributed by atoms with van der Waals surface area (Å²) in [4.78, 5) is 37.9. The van der Waals surface area contributed by atoms with Crippen LogP contribution in [0.25, 0.3) is 6.08 Å². The molecule has 1 aliphatic heterocycles. The van der Waals surface area contributed by atoms with Crippen LogP contribution in [0.2, 0.25) is 10.0 Å². The standard InChI is InChI=1S/C26H19BrCl2N2O7S2/c1-14(32)30-18-5-7-19(8-6-18)40(35,36)38-24-20(27)9-15(10-22(24)37-2)11-23-25(33)31(26(34)39-23)13-16-3-4-17(28)12-21(16)29/h3-12H,13H2,1-2H3,(H,30,32)/b23-11-. The van der Waals surface area contributed by atoms with Crippen molar-refractivity contribution in [1.29, 1.82) is 0 Å². The van der Waals surface area contributed by atoms with Crippen molar-refractivity contribution in [1.82, 2.24) is 4.90 Å². The Labute approximate surface area is 252 Å². The fraction of sp³-hybridized carbons (Fsp3) is 0.115. The maximum atomic E-state index is 13.0. The number of imide groups is 1.